The molecule has 0 fully saturated rings. The quantitative estimate of drug-likeness (QED) is 0.815. The van der Waals surface area contributed by atoms with Crippen molar-refractivity contribution < 1.29 is 9.47 Å². The van der Waals surface area contributed by atoms with Crippen LogP contribution in [0.2, 0.25) is 0 Å². The zero-order valence-corrected chi connectivity index (χ0v) is 12.5. The van der Waals surface area contributed by atoms with Crippen LogP contribution < -0.4 is 9.47 Å². The third-order valence-corrected chi connectivity index (χ3v) is 2.82. The topological polar surface area (TPSA) is 31.4 Å². The van der Waals surface area contributed by atoms with Crippen molar-refractivity contribution in [2.75, 3.05) is 6.61 Å². The van der Waals surface area contributed by atoms with Crippen LogP contribution in [0.4, 0.5) is 0 Å². The highest BCUT2D eigenvalue weighted by Crippen LogP contribution is 2.33. The van der Waals surface area contributed by atoms with Gasteiger partial charge in [-0.15, -0.1) is 0 Å². The molecule has 3 heteroatoms. The summed E-state index contributed by atoms with van der Waals surface area (Å²) in [6.07, 6.45) is 1.93. The van der Waals surface area contributed by atoms with Crippen molar-refractivity contribution in [1.82, 2.24) is 4.98 Å². The lowest BCUT2D eigenvalue weighted by molar-refractivity contribution is 0.241. The Bertz CT molecular complexity index is 579. The van der Waals surface area contributed by atoms with Crippen molar-refractivity contribution in [3.8, 4) is 22.8 Å². The van der Waals surface area contributed by atoms with Gasteiger partial charge in [-0.2, -0.15) is 0 Å². The number of benzene rings is 1. The lowest BCUT2D eigenvalue weighted by Gasteiger charge is -2.15. The molecule has 0 aliphatic rings. The summed E-state index contributed by atoms with van der Waals surface area (Å²) in [5.41, 5.74) is 3.09. The van der Waals surface area contributed by atoms with Crippen LogP contribution in [0.15, 0.2) is 36.5 Å². The minimum absolute atomic E-state index is 0.107. The molecule has 0 N–H and O–H groups in total. The number of pyridine rings is 1. The monoisotopic (exact) mass is 271 g/mol. The lowest BCUT2D eigenvalue weighted by atomic mass is 10.1. The van der Waals surface area contributed by atoms with Gasteiger partial charge >= 0.3 is 0 Å². The van der Waals surface area contributed by atoms with Gasteiger partial charge in [0.25, 0.3) is 0 Å². The molecule has 0 spiro atoms. The maximum Gasteiger partial charge on any atom is 0.132 e. The first-order valence-electron chi connectivity index (χ1n) is 6.96. The van der Waals surface area contributed by atoms with Crippen molar-refractivity contribution in [2.24, 2.45) is 0 Å². The van der Waals surface area contributed by atoms with Gasteiger partial charge in [-0.3, -0.25) is 4.98 Å². The van der Waals surface area contributed by atoms with E-state index in [-0.39, 0.29) is 6.10 Å². The third-order valence-electron chi connectivity index (χ3n) is 2.82. The normalized spacial score (nSPS) is 10.7. The molecule has 1 heterocycles. The first-order chi connectivity index (χ1) is 9.60. The van der Waals surface area contributed by atoms with Gasteiger partial charge in [-0.1, -0.05) is 0 Å². The van der Waals surface area contributed by atoms with Gasteiger partial charge in [0.1, 0.15) is 11.5 Å². The standard InChI is InChI=1S/C17H21NO2/c1-5-19-14-6-7-15(17(11-14)20-12(2)3)16-10-13(4)8-9-18-16/h6-12H,5H2,1-4H3. The summed E-state index contributed by atoms with van der Waals surface area (Å²) in [5, 5.41) is 0. The smallest absolute Gasteiger partial charge is 0.132 e. The molecule has 0 aliphatic carbocycles. The van der Waals surface area contributed by atoms with Crippen molar-refractivity contribution >= 4 is 0 Å². The van der Waals surface area contributed by atoms with Crippen LogP contribution in [-0.4, -0.2) is 17.7 Å². The summed E-state index contributed by atoms with van der Waals surface area (Å²) in [7, 11) is 0. The Labute approximate surface area is 120 Å². The van der Waals surface area contributed by atoms with Crippen LogP contribution in [0, 0.1) is 6.92 Å². The van der Waals surface area contributed by atoms with E-state index in [1.807, 2.05) is 51.2 Å². The lowest BCUT2D eigenvalue weighted by Crippen LogP contribution is -2.07. The van der Waals surface area contributed by atoms with E-state index >= 15 is 0 Å². The zero-order valence-electron chi connectivity index (χ0n) is 12.5. The minimum atomic E-state index is 0.107. The molecule has 0 atom stereocenters. The van der Waals surface area contributed by atoms with Gasteiger partial charge in [0.05, 0.1) is 18.4 Å². The summed E-state index contributed by atoms with van der Waals surface area (Å²) in [6.45, 7) is 8.70. The predicted molar refractivity (Wildman–Crippen MR) is 81.3 cm³/mol. The van der Waals surface area contributed by atoms with E-state index < -0.39 is 0 Å². The summed E-state index contributed by atoms with van der Waals surface area (Å²) in [4.78, 5) is 4.43. The Hall–Kier alpha value is -2.03. The largest absolute Gasteiger partial charge is 0.494 e. The first-order valence-corrected chi connectivity index (χ1v) is 6.96. The van der Waals surface area contributed by atoms with Gasteiger partial charge < -0.3 is 9.47 Å². The second kappa shape index (κ2) is 6.42. The molecule has 1 aromatic carbocycles. The highest BCUT2D eigenvalue weighted by molar-refractivity contribution is 5.69. The van der Waals surface area contributed by atoms with Crippen molar-refractivity contribution in [1.29, 1.82) is 0 Å². The van der Waals surface area contributed by atoms with E-state index in [1.54, 1.807) is 0 Å². The predicted octanol–water partition coefficient (Wildman–Crippen LogP) is 4.24. The molecule has 106 valence electrons. The number of ether oxygens (including phenoxy) is 2. The first kappa shape index (κ1) is 14.4. The van der Waals surface area contributed by atoms with Gasteiger partial charge in [0, 0.05) is 17.8 Å². The highest BCUT2D eigenvalue weighted by Gasteiger charge is 2.11. The van der Waals surface area contributed by atoms with Gasteiger partial charge in [0.2, 0.25) is 0 Å². The maximum absolute atomic E-state index is 5.91. The third kappa shape index (κ3) is 3.50. The summed E-state index contributed by atoms with van der Waals surface area (Å²) in [5.74, 6) is 1.63. The number of aryl methyl sites for hydroxylation is 1. The molecule has 1 aromatic heterocycles. The molecule has 2 aromatic rings. The Balaban J connectivity index is 2.45. The van der Waals surface area contributed by atoms with E-state index in [4.69, 9.17) is 9.47 Å². The van der Waals surface area contributed by atoms with E-state index in [9.17, 15) is 0 Å². The Kier molecular flexibility index (Phi) is 4.61. The van der Waals surface area contributed by atoms with E-state index in [2.05, 4.69) is 18.0 Å². The molecular weight excluding hydrogens is 250 g/mol. The van der Waals surface area contributed by atoms with Crippen LogP contribution in [0.5, 0.6) is 11.5 Å². The fourth-order valence-corrected chi connectivity index (χ4v) is 2.01. The minimum Gasteiger partial charge on any atom is -0.494 e. The van der Waals surface area contributed by atoms with Crippen molar-refractivity contribution in [2.45, 2.75) is 33.8 Å². The van der Waals surface area contributed by atoms with Crippen LogP contribution in [-0.2, 0) is 0 Å². The summed E-state index contributed by atoms with van der Waals surface area (Å²) in [6, 6.07) is 9.94. The second-order valence-electron chi connectivity index (χ2n) is 4.98. The molecular formula is C17H21NO2. The molecule has 0 saturated heterocycles. The van der Waals surface area contributed by atoms with Crippen LogP contribution in [0.25, 0.3) is 11.3 Å². The number of nitrogens with zero attached hydrogens (tertiary/aromatic N) is 1. The van der Waals surface area contributed by atoms with Crippen LogP contribution >= 0.6 is 0 Å². The molecule has 0 aliphatic heterocycles. The SMILES string of the molecule is CCOc1ccc(-c2cc(C)ccn2)c(OC(C)C)c1. The molecule has 0 amide bonds. The number of aromatic nitrogens is 1. The Morgan fingerprint density at radius 1 is 1.15 bits per heavy atom. The summed E-state index contributed by atoms with van der Waals surface area (Å²) >= 11 is 0. The average molecular weight is 271 g/mol. The van der Waals surface area contributed by atoms with E-state index in [0.29, 0.717) is 6.61 Å². The van der Waals surface area contributed by atoms with Crippen molar-refractivity contribution in [3.05, 3.63) is 42.1 Å². The molecule has 20 heavy (non-hydrogen) atoms. The molecule has 3 nitrogen and oxygen atoms in total. The molecule has 0 unspecified atom stereocenters. The number of rotatable bonds is 5. The summed E-state index contributed by atoms with van der Waals surface area (Å²) < 4.78 is 11.4. The maximum atomic E-state index is 5.91. The van der Waals surface area contributed by atoms with Gasteiger partial charge in [-0.25, -0.2) is 0 Å². The Morgan fingerprint density at radius 2 is 1.95 bits per heavy atom. The molecule has 0 saturated carbocycles. The number of hydrogen-bond acceptors (Lipinski definition) is 3. The number of hydrogen-bond donors (Lipinski definition) is 0. The zero-order chi connectivity index (χ0) is 14.5. The van der Waals surface area contributed by atoms with E-state index in [1.165, 1.54) is 5.56 Å². The average Bonchev–Trinajstić information content (AvgIpc) is 2.38. The second-order valence-corrected chi connectivity index (χ2v) is 4.98. The fourth-order valence-electron chi connectivity index (χ4n) is 2.01. The van der Waals surface area contributed by atoms with Crippen LogP contribution in [0.1, 0.15) is 26.3 Å². The van der Waals surface area contributed by atoms with Gasteiger partial charge in [-0.05, 0) is 57.5 Å². The molecule has 0 radical (unpaired) electrons. The molecule has 0 bridgehead atoms. The fraction of sp³-hybridized carbons (Fsp3) is 0.353. The Morgan fingerprint density at radius 3 is 2.60 bits per heavy atom. The van der Waals surface area contributed by atoms with Gasteiger partial charge in [0.15, 0.2) is 0 Å². The van der Waals surface area contributed by atoms with E-state index in [0.717, 1.165) is 22.8 Å². The highest BCUT2D eigenvalue weighted by atomic mass is 16.5. The van der Waals surface area contributed by atoms with Crippen LogP contribution in [0.3, 0.4) is 0 Å². The molecule has 2 rings (SSSR count). The van der Waals surface area contributed by atoms with Crippen molar-refractivity contribution in [3.63, 3.8) is 0 Å².